The second-order valence-corrected chi connectivity index (χ2v) is 13.2. The number of phenolic OH excluding ortho intramolecular Hbond substituents is 1. The van der Waals surface area contributed by atoms with Crippen LogP contribution in [-0.2, 0) is 19.2 Å². The first-order valence-electron chi connectivity index (χ1n) is 16.5. The lowest BCUT2D eigenvalue weighted by Crippen LogP contribution is -2.40. The van der Waals surface area contributed by atoms with Gasteiger partial charge in [0.1, 0.15) is 0 Å². The molecule has 7 rings (SSSR count). The van der Waals surface area contributed by atoms with E-state index in [-0.39, 0.29) is 35.6 Å². The molecule has 3 aromatic carbocycles. The van der Waals surface area contributed by atoms with E-state index < -0.39 is 23.7 Å². The fourth-order valence-electron chi connectivity index (χ4n) is 7.50. The summed E-state index contributed by atoms with van der Waals surface area (Å²) < 4.78 is 5.26. The first-order valence-corrected chi connectivity index (χ1v) is 16.5. The molecule has 1 N–H and O–H groups in total. The molecule has 1 saturated heterocycles. The first kappa shape index (κ1) is 32.6. The van der Waals surface area contributed by atoms with Gasteiger partial charge in [-0.05, 0) is 98.0 Å². The number of carbonyl (C=O) groups excluding carboxylic acids is 4. The standard InChI is InChI=1S/C40H36N4O6/c1-22-19-34(46)32-21-31-28(29(36(32)38(22)47)15-5-23-6-18-33(45)35(20-23)50-4)16-17-30-37(31)40(49)44(39(30)48)27-13-9-25(10-14-27)42-41-24-7-11-26(12-8-24)43(2)3/h5-16,18-20,29-31,37,45H,17,21H2,1-4H3/t29-,30-,31+,37-/m0/s1. The van der Waals surface area contributed by atoms with Gasteiger partial charge in [-0.15, -0.1) is 0 Å². The number of anilines is 2. The number of nitrogens with zero attached hydrogens (tertiary/aromatic N) is 4. The highest BCUT2D eigenvalue weighted by molar-refractivity contribution is 6.24. The number of hydrogen-bond donors (Lipinski definition) is 1. The lowest BCUT2D eigenvalue weighted by Gasteiger charge is -2.41. The van der Waals surface area contributed by atoms with E-state index in [0.717, 1.165) is 16.8 Å². The highest BCUT2D eigenvalue weighted by atomic mass is 16.5. The van der Waals surface area contributed by atoms with Crippen molar-refractivity contribution in [1.82, 2.24) is 0 Å². The summed E-state index contributed by atoms with van der Waals surface area (Å²) in [6, 6.07) is 19.4. The molecule has 50 heavy (non-hydrogen) atoms. The van der Waals surface area contributed by atoms with E-state index in [4.69, 9.17) is 4.74 Å². The summed E-state index contributed by atoms with van der Waals surface area (Å²) in [6.45, 7) is 1.64. The second kappa shape index (κ2) is 12.9. The maximum Gasteiger partial charge on any atom is 0.238 e. The van der Waals surface area contributed by atoms with Crippen LogP contribution in [-0.4, -0.2) is 49.7 Å². The van der Waals surface area contributed by atoms with Crippen LogP contribution >= 0.6 is 0 Å². The third-order valence-corrected chi connectivity index (χ3v) is 10.1. The van der Waals surface area contributed by atoms with Gasteiger partial charge in [0.05, 0.1) is 36.0 Å². The van der Waals surface area contributed by atoms with Crippen molar-refractivity contribution in [2.75, 3.05) is 31.0 Å². The quantitative estimate of drug-likeness (QED) is 0.124. The minimum Gasteiger partial charge on any atom is -0.504 e. The third kappa shape index (κ3) is 5.66. The molecular formula is C40H36N4O6. The Balaban J connectivity index is 1.17. The van der Waals surface area contributed by atoms with Crippen molar-refractivity contribution in [3.8, 4) is 11.5 Å². The summed E-state index contributed by atoms with van der Waals surface area (Å²) in [5, 5.41) is 18.7. The van der Waals surface area contributed by atoms with E-state index in [1.54, 1.807) is 43.3 Å². The molecule has 4 atom stereocenters. The monoisotopic (exact) mass is 668 g/mol. The Labute approximate surface area is 289 Å². The van der Waals surface area contributed by atoms with E-state index in [1.807, 2.05) is 61.5 Å². The number of Topliss-reactive ketones (excluding diaryl/α,β-unsaturated/α-hetero) is 1. The van der Waals surface area contributed by atoms with Crippen LogP contribution in [0.2, 0.25) is 0 Å². The average Bonchev–Trinajstić information content (AvgIpc) is 3.38. The Morgan fingerprint density at radius 3 is 2.24 bits per heavy atom. The van der Waals surface area contributed by atoms with Crippen LogP contribution in [0.5, 0.6) is 11.5 Å². The van der Waals surface area contributed by atoms with E-state index in [0.29, 0.717) is 46.0 Å². The molecule has 0 spiro atoms. The maximum absolute atomic E-state index is 14.2. The highest BCUT2D eigenvalue weighted by Gasteiger charge is 2.56. The molecule has 10 nitrogen and oxygen atoms in total. The Morgan fingerprint density at radius 2 is 1.58 bits per heavy atom. The van der Waals surface area contributed by atoms with Gasteiger partial charge in [0.25, 0.3) is 0 Å². The third-order valence-electron chi connectivity index (χ3n) is 10.1. The Hall–Kier alpha value is -5.90. The van der Waals surface area contributed by atoms with E-state index in [1.165, 1.54) is 24.2 Å². The van der Waals surface area contributed by atoms with Gasteiger partial charge in [-0.3, -0.25) is 24.1 Å². The van der Waals surface area contributed by atoms with Crippen LogP contribution in [0.25, 0.3) is 6.08 Å². The Morgan fingerprint density at radius 1 is 0.900 bits per heavy atom. The van der Waals surface area contributed by atoms with Gasteiger partial charge in [-0.1, -0.05) is 29.9 Å². The molecule has 1 fully saturated rings. The second-order valence-electron chi connectivity index (χ2n) is 13.2. The minimum atomic E-state index is -0.680. The number of imide groups is 1. The molecule has 0 saturated carbocycles. The van der Waals surface area contributed by atoms with Gasteiger partial charge in [0.2, 0.25) is 11.8 Å². The summed E-state index contributed by atoms with van der Waals surface area (Å²) in [5.41, 5.74) is 5.54. The summed E-state index contributed by atoms with van der Waals surface area (Å²) in [4.78, 5) is 58.3. The smallest absolute Gasteiger partial charge is 0.238 e. The van der Waals surface area contributed by atoms with Gasteiger partial charge in [0.15, 0.2) is 23.1 Å². The van der Waals surface area contributed by atoms with Crippen molar-refractivity contribution in [2.45, 2.75) is 19.8 Å². The molecule has 1 heterocycles. The van der Waals surface area contributed by atoms with Crippen LogP contribution in [0, 0.1) is 23.7 Å². The first-order chi connectivity index (χ1) is 24.0. The molecule has 0 radical (unpaired) electrons. The van der Waals surface area contributed by atoms with E-state index in [9.17, 15) is 24.3 Å². The predicted octanol–water partition coefficient (Wildman–Crippen LogP) is 7.06. The van der Waals surface area contributed by atoms with Crippen LogP contribution in [0.1, 0.15) is 25.3 Å². The number of methoxy groups -OCH3 is 1. The fourth-order valence-corrected chi connectivity index (χ4v) is 7.50. The number of aromatic hydroxyl groups is 1. The molecule has 3 aromatic rings. The van der Waals surface area contributed by atoms with Gasteiger partial charge >= 0.3 is 0 Å². The normalized spacial score (nSPS) is 23.2. The maximum atomic E-state index is 14.2. The largest absolute Gasteiger partial charge is 0.504 e. The van der Waals surface area contributed by atoms with Crippen molar-refractivity contribution in [3.63, 3.8) is 0 Å². The van der Waals surface area contributed by atoms with Gasteiger partial charge in [-0.25, -0.2) is 0 Å². The number of ether oxygens (including phenoxy) is 1. The highest BCUT2D eigenvalue weighted by Crippen LogP contribution is 2.53. The molecule has 1 aliphatic heterocycles. The van der Waals surface area contributed by atoms with Crippen LogP contribution in [0.3, 0.4) is 0 Å². The zero-order valence-corrected chi connectivity index (χ0v) is 28.2. The minimum absolute atomic E-state index is 0.00113. The number of allylic oxidation sites excluding steroid dienone is 7. The number of hydrogen-bond acceptors (Lipinski definition) is 9. The number of ketones is 2. The summed E-state index contributed by atoms with van der Waals surface area (Å²) in [7, 11) is 5.39. The van der Waals surface area contributed by atoms with Crippen molar-refractivity contribution in [3.05, 3.63) is 113 Å². The molecule has 4 aliphatic rings. The zero-order chi connectivity index (χ0) is 35.3. The summed E-state index contributed by atoms with van der Waals surface area (Å²) in [6.07, 6.45) is 7.59. The topological polar surface area (TPSA) is 129 Å². The fraction of sp³-hybridized carbons (Fsp3) is 0.250. The van der Waals surface area contributed by atoms with Gasteiger partial charge in [0, 0.05) is 42.4 Å². The molecule has 0 aromatic heterocycles. The predicted molar refractivity (Wildman–Crippen MR) is 190 cm³/mol. The summed E-state index contributed by atoms with van der Waals surface area (Å²) >= 11 is 0. The van der Waals surface area contributed by atoms with Crippen molar-refractivity contribution in [2.24, 2.45) is 33.9 Å². The molecule has 2 amide bonds. The lowest BCUT2D eigenvalue weighted by molar-refractivity contribution is -0.123. The Kier molecular flexibility index (Phi) is 8.39. The van der Waals surface area contributed by atoms with Crippen molar-refractivity contribution >= 4 is 52.2 Å². The number of carbonyl (C=O) groups is 4. The molecule has 252 valence electrons. The molecular weight excluding hydrogens is 632 g/mol. The number of amides is 2. The van der Waals surface area contributed by atoms with Crippen LogP contribution in [0.15, 0.2) is 117 Å². The molecule has 0 unspecified atom stereocenters. The van der Waals surface area contributed by atoms with E-state index in [2.05, 4.69) is 10.2 Å². The van der Waals surface area contributed by atoms with Crippen LogP contribution in [0.4, 0.5) is 22.7 Å². The lowest BCUT2D eigenvalue weighted by atomic mass is 9.60. The number of phenols is 1. The van der Waals surface area contributed by atoms with Crippen molar-refractivity contribution in [1.29, 1.82) is 0 Å². The average molecular weight is 669 g/mol. The zero-order valence-electron chi connectivity index (χ0n) is 28.2. The number of benzene rings is 3. The van der Waals surface area contributed by atoms with E-state index >= 15 is 0 Å². The number of azo groups is 1. The molecule has 0 bridgehead atoms. The van der Waals surface area contributed by atoms with Gasteiger partial charge in [-0.2, -0.15) is 10.2 Å². The van der Waals surface area contributed by atoms with Gasteiger partial charge < -0.3 is 14.7 Å². The van der Waals surface area contributed by atoms with Crippen molar-refractivity contribution < 1.29 is 29.0 Å². The number of fused-ring (bicyclic) bond motifs is 3. The number of rotatable bonds is 7. The molecule has 10 heteroatoms. The molecule has 3 aliphatic carbocycles. The SMILES string of the molecule is COc1cc(C=C[C@H]2C3=CC[C@@H]4C(=O)N(c5ccc(N=Nc6ccc(N(C)C)cc6)cc5)C(=O)[C@@H]4[C@@H]3CC3=C2C(=O)C(C)=CC3=O)ccc1O. The Bertz CT molecular complexity index is 2090. The van der Waals surface area contributed by atoms with Crippen LogP contribution < -0.4 is 14.5 Å². The summed E-state index contributed by atoms with van der Waals surface area (Å²) in [5.74, 6) is -3.00.